The summed E-state index contributed by atoms with van der Waals surface area (Å²) in [5, 5.41) is 5.52. The SMILES string of the molecule is CSc1cccc(NC(=O)CNc2ccc(C(F)(F)F)cc2)c1. The molecule has 0 saturated carbocycles. The number of benzene rings is 2. The van der Waals surface area contributed by atoms with Gasteiger partial charge in [-0.15, -0.1) is 11.8 Å². The molecule has 2 aromatic carbocycles. The minimum absolute atomic E-state index is 0.0329. The largest absolute Gasteiger partial charge is 0.416 e. The second-order valence-electron chi connectivity index (χ2n) is 4.71. The summed E-state index contributed by atoms with van der Waals surface area (Å²) in [6, 6.07) is 11.9. The van der Waals surface area contributed by atoms with Gasteiger partial charge in [-0.25, -0.2) is 0 Å². The minimum Gasteiger partial charge on any atom is -0.376 e. The smallest absolute Gasteiger partial charge is 0.376 e. The van der Waals surface area contributed by atoms with Crippen LogP contribution in [-0.2, 0) is 11.0 Å². The van der Waals surface area contributed by atoms with Gasteiger partial charge in [-0.2, -0.15) is 13.2 Å². The molecular weight excluding hydrogens is 325 g/mol. The molecule has 0 bridgehead atoms. The molecule has 0 aliphatic heterocycles. The van der Waals surface area contributed by atoms with E-state index < -0.39 is 11.7 Å². The van der Waals surface area contributed by atoms with Crippen LogP contribution in [0, 0.1) is 0 Å². The van der Waals surface area contributed by atoms with Gasteiger partial charge in [0, 0.05) is 16.3 Å². The number of amides is 1. The zero-order chi connectivity index (χ0) is 16.9. The second-order valence-corrected chi connectivity index (χ2v) is 5.59. The molecule has 23 heavy (non-hydrogen) atoms. The van der Waals surface area contributed by atoms with E-state index in [1.54, 1.807) is 17.8 Å². The maximum atomic E-state index is 12.5. The summed E-state index contributed by atoms with van der Waals surface area (Å²) in [7, 11) is 0. The molecule has 0 fully saturated rings. The number of halogens is 3. The molecule has 2 rings (SSSR count). The van der Waals surface area contributed by atoms with Crippen LogP contribution in [0.4, 0.5) is 24.5 Å². The summed E-state index contributed by atoms with van der Waals surface area (Å²) in [6.07, 6.45) is -2.43. The van der Waals surface area contributed by atoms with Gasteiger partial charge < -0.3 is 10.6 Å². The molecule has 0 atom stereocenters. The van der Waals surface area contributed by atoms with Gasteiger partial charge in [0.1, 0.15) is 0 Å². The third kappa shape index (κ3) is 5.21. The first-order valence-corrected chi connectivity index (χ1v) is 7.96. The van der Waals surface area contributed by atoms with Gasteiger partial charge in [0.05, 0.1) is 12.1 Å². The Morgan fingerprint density at radius 3 is 2.39 bits per heavy atom. The molecule has 0 aromatic heterocycles. The Morgan fingerprint density at radius 1 is 1.09 bits per heavy atom. The fourth-order valence-electron chi connectivity index (χ4n) is 1.87. The van der Waals surface area contributed by atoms with Gasteiger partial charge in [0.2, 0.25) is 5.91 Å². The first-order chi connectivity index (χ1) is 10.9. The van der Waals surface area contributed by atoms with Crippen molar-refractivity contribution in [2.45, 2.75) is 11.1 Å². The van der Waals surface area contributed by atoms with E-state index >= 15 is 0 Å². The lowest BCUT2D eigenvalue weighted by atomic mass is 10.2. The number of carbonyl (C=O) groups is 1. The molecule has 3 nitrogen and oxygen atoms in total. The van der Waals surface area contributed by atoms with Crippen molar-refractivity contribution in [3.63, 3.8) is 0 Å². The minimum atomic E-state index is -4.36. The van der Waals surface area contributed by atoms with Crippen LogP contribution in [0.15, 0.2) is 53.4 Å². The van der Waals surface area contributed by atoms with Crippen LogP contribution in [0.3, 0.4) is 0 Å². The number of hydrogen-bond donors (Lipinski definition) is 2. The monoisotopic (exact) mass is 340 g/mol. The van der Waals surface area contributed by atoms with E-state index in [4.69, 9.17) is 0 Å². The summed E-state index contributed by atoms with van der Waals surface area (Å²) >= 11 is 1.56. The van der Waals surface area contributed by atoms with Crippen molar-refractivity contribution in [1.82, 2.24) is 0 Å². The maximum Gasteiger partial charge on any atom is 0.416 e. The van der Waals surface area contributed by atoms with Crippen LogP contribution in [0.25, 0.3) is 0 Å². The number of rotatable bonds is 5. The topological polar surface area (TPSA) is 41.1 Å². The van der Waals surface area contributed by atoms with Gasteiger partial charge in [0.25, 0.3) is 0 Å². The van der Waals surface area contributed by atoms with Crippen LogP contribution in [-0.4, -0.2) is 18.7 Å². The first kappa shape index (κ1) is 17.2. The van der Waals surface area contributed by atoms with Gasteiger partial charge in [-0.3, -0.25) is 4.79 Å². The zero-order valence-corrected chi connectivity index (χ0v) is 13.1. The van der Waals surface area contributed by atoms with E-state index in [0.717, 1.165) is 17.0 Å². The van der Waals surface area contributed by atoms with Gasteiger partial charge >= 0.3 is 6.18 Å². The molecule has 7 heteroatoms. The molecule has 1 amide bonds. The number of nitrogens with one attached hydrogen (secondary N) is 2. The van der Waals surface area contributed by atoms with Crippen molar-refractivity contribution < 1.29 is 18.0 Å². The number of alkyl halides is 3. The summed E-state index contributed by atoms with van der Waals surface area (Å²) in [5.74, 6) is -0.275. The number of anilines is 2. The molecule has 0 spiro atoms. The van der Waals surface area contributed by atoms with E-state index in [9.17, 15) is 18.0 Å². The highest BCUT2D eigenvalue weighted by atomic mass is 32.2. The fraction of sp³-hybridized carbons (Fsp3) is 0.188. The molecule has 0 radical (unpaired) electrons. The number of hydrogen-bond acceptors (Lipinski definition) is 3. The lowest BCUT2D eigenvalue weighted by molar-refractivity contribution is -0.137. The van der Waals surface area contributed by atoms with Gasteiger partial charge in [-0.05, 0) is 48.7 Å². The Morgan fingerprint density at radius 2 is 1.78 bits per heavy atom. The van der Waals surface area contributed by atoms with E-state index in [2.05, 4.69) is 10.6 Å². The van der Waals surface area contributed by atoms with E-state index in [1.807, 2.05) is 24.5 Å². The second kappa shape index (κ2) is 7.41. The summed E-state index contributed by atoms with van der Waals surface area (Å²) < 4.78 is 37.4. The lowest BCUT2D eigenvalue weighted by Gasteiger charge is -2.10. The zero-order valence-electron chi connectivity index (χ0n) is 12.3. The predicted molar refractivity (Wildman–Crippen MR) is 86.8 cm³/mol. The Balaban J connectivity index is 1.89. The highest BCUT2D eigenvalue weighted by Gasteiger charge is 2.29. The third-order valence-electron chi connectivity index (χ3n) is 3.02. The normalized spacial score (nSPS) is 11.1. The van der Waals surface area contributed by atoms with Crippen molar-refractivity contribution in [2.24, 2.45) is 0 Å². The quantitative estimate of drug-likeness (QED) is 0.789. The van der Waals surface area contributed by atoms with Crippen LogP contribution in [0.1, 0.15) is 5.56 Å². The van der Waals surface area contributed by atoms with Crippen molar-refractivity contribution >= 4 is 29.0 Å². The molecule has 0 saturated heterocycles. The Hall–Kier alpha value is -2.15. The van der Waals surface area contributed by atoms with Crippen LogP contribution < -0.4 is 10.6 Å². The predicted octanol–water partition coefficient (Wildman–Crippen LogP) is 4.48. The Labute approximate surface area is 136 Å². The lowest BCUT2D eigenvalue weighted by Crippen LogP contribution is -2.21. The first-order valence-electron chi connectivity index (χ1n) is 6.73. The summed E-state index contributed by atoms with van der Waals surface area (Å²) in [4.78, 5) is 12.9. The van der Waals surface area contributed by atoms with E-state index in [0.29, 0.717) is 11.4 Å². The highest BCUT2D eigenvalue weighted by Crippen LogP contribution is 2.29. The molecule has 2 N–H and O–H groups in total. The molecule has 122 valence electrons. The van der Waals surface area contributed by atoms with Crippen LogP contribution in [0.2, 0.25) is 0 Å². The standard InChI is InChI=1S/C16H15F3N2OS/c1-23-14-4-2-3-13(9-14)21-15(22)10-20-12-7-5-11(6-8-12)16(17,18)19/h2-9,20H,10H2,1H3,(H,21,22). The van der Waals surface area contributed by atoms with Gasteiger partial charge in [-0.1, -0.05) is 6.07 Å². The van der Waals surface area contributed by atoms with E-state index in [-0.39, 0.29) is 12.5 Å². The maximum absolute atomic E-state index is 12.5. The van der Waals surface area contributed by atoms with Crippen LogP contribution >= 0.6 is 11.8 Å². The molecule has 2 aromatic rings. The van der Waals surface area contributed by atoms with Crippen molar-refractivity contribution in [2.75, 3.05) is 23.4 Å². The Bertz CT molecular complexity index is 672. The fourth-order valence-corrected chi connectivity index (χ4v) is 2.32. The molecule has 0 aliphatic carbocycles. The van der Waals surface area contributed by atoms with Gasteiger partial charge in [0.15, 0.2) is 0 Å². The number of thioether (sulfide) groups is 1. The molecule has 0 aliphatic rings. The third-order valence-corrected chi connectivity index (χ3v) is 3.74. The van der Waals surface area contributed by atoms with Crippen molar-refractivity contribution in [1.29, 1.82) is 0 Å². The Kier molecular flexibility index (Phi) is 5.54. The van der Waals surface area contributed by atoms with Crippen molar-refractivity contribution in [3.05, 3.63) is 54.1 Å². The molecule has 0 heterocycles. The highest BCUT2D eigenvalue weighted by molar-refractivity contribution is 7.98. The molecule has 0 unspecified atom stereocenters. The molecular formula is C16H15F3N2OS. The number of carbonyl (C=O) groups excluding carboxylic acids is 1. The average Bonchev–Trinajstić information content (AvgIpc) is 2.52. The van der Waals surface area contributed by atoms with Crippen molar-refractivity contribution in [3.8, 4) is 0 Å². The summed E-state index contributed by atoms with van der Waals surface area (Å²) in [6.45, 7) is -0.0329. The summed E-state index contributed by atoms with van der Waals surface area (Å²) in [5.41, 5.74) is 0.406. The average molecular weight is 340 g/mol. The van der Waals surface area contributed by atoms with E-state index in [1.165, 1.54) is 12.1 Å². The van der Waals surface area contributed by atoms with Crippen LogP contribution in [0.5, 0.6) is 0 Å².